The Morgan fingerprint density at radius 2 is 0.576 bits per heavy atom. The average Bonchev–Trinajstić information content (AvgIpc) is 1.16. The summed E-state index contributed by atoms with van der Waals surface area (Å²) in [5, 5.41) is 11.9. The number of allylic oxidation sites excluding steroid dienone is 20. The fourth-order valence-electron chi connectivity index (χ4n) is 11.9. The minimum atomic E-state index is -1.63. The van der Waals surface area contributed by atoms with Crippen LogP contribution in [0.3, 0.4) is 0 Å². The van der Waals surface area contributed by atoms with Gasteiger partial charge in [-0.2, -0.15) is 0 Å². The quantitative estimate of drug-likeness (QED) is 0.0195. The largest absolute Gasteiger partial charge is 0.545 e. The molecule has 0 spiro atoms. The van der Waals surface area contributed by atoms with E-state index in [1.165, 1.54) is 238 Å². The molecule has 0 aromatic carbocycles. The predicted molar refractivity (Wildman–Crippen MR) is 426 cm³/mol. The normalized spacial score (nSPS) is 13.3. The number of rotatable bonds is 77. The van der Waals surface area contributed by atoms with Gasteiger partial charge in [0, 0.05) is 12.8 Å². The number of hydrogen-bond acceptors (Lipinski definition) is 8. The summed E-state index contributed by atoms with van der Waals surface area (Å²) >= 11 is 0. The second-order valence-corrected chi connectivity index (χ2v) is 29.0. The van der Waals surface area contributed by atoms with Crippen LogP contribution in [-0.2, 0) is 33.3 Å². The van der Waals surface area contributed by atoms with Crippen molar-refractivity contribution in [2.24, 2.45) is 0 Å². The van der Waals surface area contributed by atoms with E-state index in [4.69, 9.17) is 18.9 Å². The molecule has 9 heteroatoms. The van der Waals surface area contributed by atoms with E-state index in [1.54, 1.807) is 0 Å². The Morgan fingerprint density at radius 1 is 0.313 bits per heavy atom. The number of carboxylic acids is 1. The highest BCUT2D eigenvalue weighted by Gasteiger charge is 2.22. The number of ether oxygens (including phenoxy) is 4. The van der Waals surface area contributed by atoms with Crippen molar-refractivity contribution in [2.45, 2.75) is 386 Å². The van der Waals surface area contributed by atoms with Gasteiger partial charge in [-0.1, -0.05) is 373 Å². The molecule has 0 N–H and O–H groups in total. The summed E-state index contributed by atoms with van der Waals surface area (Å²) in [6.45, 7) is 4.66. The number of esters is 2. The van der Waals surface area contributed by atoms with Crippen LogP contribution in [0.25, 0.3) is 0 Å². The second-order valence-electron chi connectivity index (χ2n) is 29.0. The van der Waals surface area contributed by atoms with Crippen LogP contribution in [0.4, 0.5) is 0 Å². The summed E-state index contributed by atoms with van der Waals surface area (Å²) in [6.07, 6.45) is 111. The number of aliphatic carboxylic acids is 1. The minimum Gasteiger partial charge on any atom is -0.545 e. The molecule has 0 bridgehead atoms. The van der Waals surface area contributed by atoms with E-state index in [1.807, 2.05) is 21.1 Å². The highest BCUT2D eigenvalue weighted by molar-refractivity contribution is 5.70. The summed E-state index contributed by atoms with van der Waals surface area (Å²) in [7, 11) is 5.93. The first-order valence-corrected chi connectivity index (χ1v) is 41.7. The fraction of sp³-hybridized carbons (Fsp3) is 0.744. The van der Waals surface area contributed by atoms with E-state index in [2.05, 4.69) is 135 Å². The van der Waals surface area contributed by atoms with Crippen molar-refractivity contribution in [3.63, 3.8) is 0 Å². The first-order valence-electron chi connectivity index (χ1n) is 41.7. The van der Waals surface area contributed by atoms with Gasteiger partial charge in [-0.05, 0) is 109 Å². The monoisotopic (exact) mass is 1380 g/mol. The summed E-state index contributed by atoms with van der Waals surface area (Å²) in [4.78, 5) is 37.6. The number of carbonyl (C=O) groups excluding carboxylic acids is 3. The molecule has 0 aliphatic carbocycles. The molecule has 0 saturated carbocycles. The molecule has 0 aromatic heterocycles. The van der Waals surface area contributed by atoms with Gasteiger partial charge in [0.2, 0.25) is 0 Å². The maximum Gasteiger partial charge on any atom is 0.306 e. The molecular formula is C90H157NO8. The lowest BCUT2D eigenvalue weighted by Gasteiger charge is -2.26. The Hall–Kier alpha value is -4.31. The zero-order valence-electron chi connectivity index (χ0n) is 65.3. The smallest absolute Gasteiger partial charge is 0.306 e. The molecule has 0 heterocycles. The third-order valence-corrected chi connectivity index (χ3v) is 18.2. The second kappa shape index (κ2) is 79.4. The van der Waals surface area contributed by atoms with Gasteiger partial charge >= 0.3 is 11.9 Å². The molecule has 2 atom stereocenters. The highest BCUT2D eigenvalue weighted by Crippen LogP contribution is 2.19. The summed E-state index contributed by atoms with van der Waals surface area (Å²) in [6, 6.07) is 0. The maximum atomic E-state index is 13.0. The van der Waals surface area contributed by atoms with Gasteiger partial charge in [0.1, 0.15) is 13.2 Å². The Bertz CT molecular complexity index is 2050. The lowest BCUT2D eigenvalue weighted by atomic mass is 10.0. The van der Waals surface area contributed by atoms with Crippen LogP contribution in [0.1, 0.15) is 373 Å². The average molecular weight is 1380 g/mol. The van der Waals surface area contributed by atoms with E-state index < -0.39 is 24.3 Å². The van der Waals surface area contributed by atoms with E-state index in [9.17, 15) is 19.5 Å². The Morgan fingerprint density at radius 3 is 0.869 bits per heavy atom. The number of hydrogen-bond donors (Lipinski definition) is 0. The minimum absolute atomic E-state index is 0.141. The number of carboxylic acid groups (broad SMARTS) is 1. The zero-order valence-corrected chi connectivity index (χ0v) is 65.3. The first kappa shape index (κ1) is 94.7. The third-order valence-electron chi connectivity index (χ3n) is 18.2. The van der Waals surface area contributed by atoms with Gasteiger partial charge in [-0.15, -0.1) is 0 Å². The van der Waals surface area contributed by atoms with Crippen molar-refractivity contribution in [1.29, 1.82) is 0 Å². The molecule has 99 heavy (non-hydrogen) atoms. The van der Waals surface area contributed by atoms with Gasteiger partial charge in [-0.25, -0.2) is 0 Å². The van der Waals surface area contributed by atoms with Crippen molar-refractivity contribution in [3.05, 3.63) is 122 Å². The number of nitrogens with zero attached hydrogens (tertiary/aromatic N) is 1. The number of likely N-dealkylation sites (N-methyl/N-ethyl adjacent to an activating group) is 1. The summed E-state index contributed by atoms with van der Waals surface area (Å²) in [5.74, 6) is -2.29. The standard InChI is InChI=1S/C90H157NO8/c1-6-8-10-12-14-16-18-20-22-24-26-28-30-32-34-36-38-40-42-43-44-45-47-48-50-52-54-56-58-60-62-64-66-68-70-72-74-76-78-80-87(92)97-84-86(85-98-90(89(94)95)96-83-82-91(3,4)5)99-88(93)81-79-77-75-73-71-69-67-65-63-61-59-57-55-53-51-49-46-41-39-37-35-33-31-29-27-25-23-21-19-17-15-13-11-9-7-2/h9,11,15,17,21,23-24,26-27,29,33,35,39,41,49,51,55,57,61,63,86,90H,6-8,10,12-14,16,18-20,22,25,28,30-32,34,36-38,40,42-48,50,52-54,56,58-60,62,64-85H2,1-5H3/b11-9-,17-15-,23-21-,26-24-,29-27-,35-33-,41-39-,51-49-,57-55-,63-61-. The Labute approximate surface area is 612 Å². The van der Waals surface area contributed by atoms with Crippen molar-refractivity contribution in [1.82, 2.24) is 0 Å². The van der Waals surface area contributed by atoms with Crippen molar-refractivity contribution >= 4 is 17.9 Å². The van der Waals surface area contributed by atoms with Crippen molar-refractivity contribution in [3.8, 4) is 0 Å². The molecule has 570 valence electrons. The fourth-order valence-corrected chi connectivity index (χ4v) is 11.9. The van der Waals surface area contributed by atoms with Crippen LogP contribution in [0.5, 0.6) is 0 Å². The number of quaternary nitrogens is 1. The lowest BCUT2D eigenvalue weighted by Crippen LogP contribution is -2.44. The molecule has 0 rings (SSSR count). The third kappa shape index (κ3) is 80.9. The molecule has 2 unspecified atom stereocenters. The van der Waals surface area contributed by atoms with Gasteiger partial charge < -0.3 is 33.3 Å². The molecule has 9 nitrogen and oxygen atoms in total. The van der Waals surface area contributed by atoms with Gasteiger partial charge in [0.25, 0.3) is 0 Å². The maximum absolute atomic E-state index is 13.0. The van der Waals surface area contributed by atoms with Crippen LogP contribution in [0.15, 0.2) is 122 Å². The molecule has 0 aliphatic heterocycles. The predicted octanol–water partition coefficient (Wildman–Crippen LogP) is 25.7. The van der Waals surface area contributed by atoms with E-state index in [0.717, 1.165) is 103 Å². The van der Waals surface area contributed by atoms with Crippen LogP contribution < -0.4 is 5.11 Å². The molecule has 0 aromatic rings. The van der Waals surface area contributed by atoms with Crippen LogP contribution in [0.2, 0.25) is 0 Å². The molecular weight excluding hydrogens is 1220 g/mol. The lowest BCUT2D eigenvalue weighted by molar-refractivity contribution is -0.870. The van der Waals surface area contributed by atoms with E-state index >= 15 is 0 Å². The zero-order chi connectivity index (χ0) is 71.8. The summed E-state index contributed by atoms with van der Waals surface area (Å²) in [5.41, 5.74) is 0. The van der Waals surface area contributed by atoms with Crippen LogP contribution in [-0.4, -0.2) is 82.3 Å². The molecule has 0 amide bonds. The molecule has 0 saturated heterocycles. The number of carbonyl (C=O) groups is 3. The van der Waals surface area contributed by atoms with Crippen molar-refractivity contribution in [2.75, 3.05) is 47.5 Å². The molecule has 0 aliphatic rings. The van der Waals surface area contributed by atoms with Crippen LogP contribution >= 0.6 is 0 Å². The molecule has 0 radical (unpaired) electrons. The van der Waals surface area contributed by atoms with Crippen molar-refractivity contribution < 1.29 is 42.9 Å². The topological polar surface area (TPSA) is 111 Å². The Balaban J connectivity index is 4.03. The van der Waals surface area contributed by atoms with E-state index in [0.29, 0.717) is 17.4 Å². The van der Waals surface area contributed by atoms with Gasteiger partial charge in [0.05, 0.1) is 40.3 Å². The van der Waals surface area contributed by atoms with Gasteiger partial charge in [0.15, 0.2) is 12.4 Å². The SMILES string of the molecule is CC/C=C\C/C=C\C/C=C\C/C=C\C/C=C\C/C=C\C/C=C\C/C=C\C/C=C\CCCCCCCCCC(=O)OC(COC(=O)CCCCCCCCCCCCCCCCCCCCCCCCCCCCC/C=C\CCCCCCCCCC)COC(OCC[N+](C)(C)C)C(=O)[O-]. The van der Waals surface area contributed by atoms with Crippen LogP contribution in [0, 0.1) is 0 Å². The number of unbranched alkanes of at least 4 members (excludes halogenated alkanes) is 42. The molecule has 0 fully saturated rings. The summed E-state index contributed by atoms with van der Waals surface area (Å²) < 4.78 is 22.9. The highest BCUT2D eigenvalue weighted by atomic mass is 16.7. The first-order chi connectivity index (χ1) is 48.6. The van der Waals surface area contributed by atoms with Gasteiger partial charge in [-0.3, -0.25) is 9.59 Å². The Kier molecular flexibility index (Phi) is 75.9. The van der Waals surface area contributed by atoms with E-state index in [-0.39, 0.29) is 38.6 Å².